The first kappa shape index (κ1) is 21.2. The summed E-state index contributed by atoms with van der Waals surface area (Å²) in [6.07, 6.45) is 2.49. The number of anilines is 1. The third-order valence-electron chi connectivity index (χ3n) is 4.84. The van der Waals surface area contributed by atoms with Gasteiger partial charge in [0.15, 0.2) is 9.84 Å². The van der Waals surface area contributed by atoms with Crippen LogP contribution in [0.5, 0.6) is 0 Å². The highest BCUT2D eigenvalue weighted by atomic mass is 32.2. The summed E-state index contributed by atoms with van der Waals surface area (Å²) in [5, 5.41) is 2.88. The molecule has 0 aromatic heterocycles. The Labute approximate surface area is 161 Å². The minimum atomic E-state index is -3.29. The standard InChI is InChI=1S/C20H28N2O4S/c1-5-18(23)22-11-9-16(10-12-22)19(24)21-17-8-6-7-15(13-17)14-27(25,26)20(2,3)4/h5-8,13,16H,1,9-12,14H2,2-4H3,(H,21,24). The fourth-order valence-electron chi connectivity index (χ4n) is 2.91. The lowest BCUT2D eigenvalue weighted by atomic mass is 9.95. The van der Waals surface area contributed by atoms with Gasteiger partial charge in [-0.15, -0.1) is 0 Å². The number of carbonyl (C=O) groups excluding carboxylic acids is 2. The first-order valence-corrected chi connectivity index (χ1v) is 10.7. The van der Waals surface area contributed by atoms with Gasteiger partial charge < -0.3 is 10.2 Å². The molecule has 1 fully saturated rings. The topological polar surface area (TPSA) is 83.6 Å². The normalized spacial score (nSPS) is 16.0. The van der Waals surface area contributed by atoms with E-state index in [4.69, 9.17) is 0 Å². The van der Waals surface area contributed by atoms with Crippen LogP contribution >= 0.6 is 0 Å². The minimum absolute atomic E-state index is 0.0672. The maximum Gasteiger partial charge on any atom is 0.245 e. The number of hydrogen-bond acceptors (Lipinski definition) is 4. The molecular formula is C20H28N2O4S. The Morgan fingerprint density at radius 1 is 1.26 bits per heavy atom. The fraction of sp³-hybridized carbons (Fsp3) is 0.500. The maximum atomic E-state index is 12.5. The Morgan fingerprint density at radius 2 is 1.89 bits per heavy atom. The van der Waals surface area contributed by atoms with Crippen molar-refractivity contribution in [2.45, 2.75) is 44.1 Å². The molecule has 0 aliphatic carbocycles. The van der Waals surface area contributed by atoms with Crippen LogP contribution in [0.1, 0.15) is 39.2 Å². The molecule has 0 atom stereocenters. The zero-order valence-electron chi connectivity index (χ0n) is 16.2. The van der Waals surface area contributed by atoms with Crippen molar-refractivity contribution >= 4 is 27.3 Å². The Kier molecular flexibility index (Phi) is 6.46. The van der Waals surface area contributed by atoms with E-state index in [9.17, 15) is 18.0 Å². The molecule has 1 heterocycles. The molecule has 1 N–H and O–H groups in total. The summed E-state index contributed by atoms with van der Waals surface area (Å²) < 4.78 is 23.9. The third-order valence-corrected chi connectivity index (χ3v) is 7.42. The van der Waals surface area contributed by atoms with Gasteiger partial charge in [-0.25, -0.2) is 8.42 Å². The highest BCUT2D eigenvalue weighted by molar-refractivity contribution is 7.91. The molecule has 6 nitrogen and oxygen atoms in total. The number of benzene rings is 1. The summed E-state index contributed by atoms with van der Waals surface area (Å²) in [6, 6.07) is 6.95. The molecule has 0 saturated carbocycles. The summed E-state index contributed by atoms with van der Waals surface area (Å²) in [4.78, 5) is 25.8. The van der Waals surface area contributed by atoms with E-state index in [-0.39, 0.29) is 23.5 Å². The lowest BCUT2D eigenvalue weighted by Gasteiger charge is -2.30. The van der Waals surface area contributed by atoms with E-state index >= 15 is 0 Å². The Bertz CT molecular complexity index is 817. The highest BCUT2D eigenvalue weighted by Gasteiger charge is 2.29. The molecule has 2 amide bonds. The second-order valence-electron chi connectivity index (χ2n) is 7.86. The van der Waals surface area contributed by atoms with Crippen LogP contribution in [0.2, 0.25) is 0 Å². The van der Waals surface area contributed by atoms with Gasteiger partial charge in [0.25, 0.3) is 0 Å². The van der Waals surface area contributed by atoms with E-state index in [0.717, 1.165) is 0 Å². The van der Waals surface area contributed by atoms with E-state index in [2.05, 4.69) is 11.9 Å². The Hall–Kier alpha value is -2.15. The van der Waals surface area contributed by atoms with Gasteiger partial charge in [-0.05, 0) is 57.4 Å². The van der Waals surface area contributed by atoms with Crippen LogP contribution in [0.3, 0.4) is 0 Å². The number of nitrogens with one attached hydrogen (secondary N) is 1. The van der Waals surface area contributed by atoms with Crippen molar-refractivity contribution in [1.29, 1.82) is 0 Å². The van der Waals surface area contributed by atoms with Crippen molar-refractivity contribution < 1.29 is 18.0 Å². The van der Waals surface area contributed by atoms with E-state index in [1.54, 1.807) is 49.9 Å². The van der Waals surface area contributed by atoms with E-state index in [1.165, 1.54) is 6.08 Å². The van der Waals surface area contributed by atoms with Crippen LogP contribution in [0.25, 0.3) is 0 Å². The van der Waals surface area contributed by atoms with Gasteiger partial charge in [0, 0.05) is 24.7 Å². The molecule has 27 heavy (non-hydrogen) atoms. The SMILES string of the molecule is C=CC(=O)N1CCC(C(=O)Nc2cccc(CS(=O)(=O)C(C)(C)C)c2)CC1. The molecule has 0 bridgehead atoms. The van der Waals surface area contributed by atoms with Crippen molar-refractivity contribution in [2.75, 3.05) is 18.4 Å². The average molecular weight is 393 g/mol. The first-order chi connectivity index (χ1) is 12.5. The van der Waals surface area contributed by atoms with E-state index in [1.807, 2.05) is 0 Å². The van der Waals surface area contributed by atoms with Crippen LogP contribution in [-0.4, -0.2) is 43.0 Å². The maximum absolute atomic E-state index is 12.5. The Morgan fingerprint density at radius 3 is 2.44 bits per heavy atom. The van der Waals surface area contributed by atoms with Gasteiger partial charge in [-0.1, -0.05) is 18.7 Å². The van der Waals surface area contributed by atoms with Crippen molar-refractivity contribution in [3.8, 4) is 0 Å². The van der Waals surface area contributed by atoms with Crippen molar-refractivity contribution in [3.63, 3.8) is 0 Å². The molecular weight excluding hydrogens is 364 g/mol. The van der Waals surface area contributed by atoms with Gasteiger partial charge in [-0.2, -0.15) is 0 Å². The molecule has 0 unspecified atom stereocenters. The number of likely N-dealkylation sites (tertiary alicyclic amines) is 1. The molecule has 0 radical (unpaired) electrons. The van der Waals surface area contributed by atoms with Gasteiger partial charge in [0.2, 0.25) is 11.8 Å². The number of piperidine rings is 1. The van der Waals surface area contributed by atoms with Crippen LogP contribution in [-0.2, 0) is 25.2 Å². The minimum Gasteiger partial charge on any atom is -0.339 e. The zero-order chi connectivity index (χ0) is 20.2. The molecule has 1 saturated heterocycles. The number of rotatable bonds is 5. The second kappa shape index (κ2) is 8.25. The monoisotopic (exact) mass is 392 g/mol. The summed E-state index contributed by atoms with van der Waals surface area (Å²) in [7, 11) is -3.29. The van der Waals surface area contributed by atoms with Crippen LogP contribution in [0.15, 0.2) is 36.9 Å². The number of hydrogen-bond donors (Lipinski definition) is 1. The van der Waals surface area contributed by atoms with Gasteiger partial charge in [-0.3, -0.25) is 9.59 Å². The number of amides is 2. The lowest BCUT2D eigenvalue weighted by molar-refractivity contribution is -0.130. The van der Waals surface area contributed by atoms with Gasteiger partial charge >= 0.3 is 0 Å². The molecule has 1 aromatic rings. The molecule has 1 aromatic carbocycles. The van der Waals surface area contributed by atoms with Crippen LogP contribution in [0, 0.1) is 5.92 Å². The molecule has 0 spiro atoms. The lowest BCUT2D eigenvalue weighted by Crippen LogP contribution is -2.40. The van der Waals surface area contributed by atoms with Crippen LogP contribution < -0.4 is 5.32 Å². The summed E-state index contributed by atoms with van der Waals surface area (Å²) in [5.41, 5.74) is 1.24. The number of sulfone groups is 1. The smallest absolute Gasteiger partial charge is 0.245 e. The highest BCUT2D eigenvalue weighted by Crippen LogP contribution is 2.23. The van der Waals surface area contributed by atoms with Crippen molar-refractivity contribution in [2.24, 2.45) is 5.92 Å². The molecule has 7 heteroatoms. The summed E-state index contributed by atoms with van der Waals surface area (Å²) in [5.74, 6) is -0.443. The predicted molar refractivity (Wildman–Crippen MR) is 107 cm³/mol. The van der Waals surface area contributed by atoms with Crippen molar-refractivity contribution in [3.05, 3.63) is 42.5 Å². The third kappa shape index (κ3) is 5.42. The summed E-state index contributed by atoms with van der Waals surface area (Å²) >= 11 is 0. The second-order valence-corrected chi connectivity index (χ2v) is 10.6. The predicted octanol–water partition coefficient (Wildman–Crippen LogP) is 2.76. The van der Waals surface area contributed by atoms with Crippen molar-refractivity contribution in [1.82, 2.24) is 4.90 Å². The number of carbonyl (C=O) groups is 2. The van der Waals surface area contributed by atoms with Gasteiger partial charge in [0.1, 0.15) is 0 Å². The molecule has 1 aliphatic rings. The Balaban J connectivity index is 1.99. The summed E-state index contributed by atoms with van der Waals surface area (Å²) in [6.45, 7) is 9.58. The van der Waals surface area contributed by atoms with Gasteiger partial charge in [0.05, 0.1) is 10.5 Å². The largest absolute Gasteiger partial charge is 0.339 e. The fourth-order valence-corrected chi connectivity index (χ4v) is 3.96. The van der Waals surface area contributed by atoms with E-state index < -0.39 is 14.6 Å². The van der Waals surface area contributed by atoms with Crippen LogP contribution in [0.4, 0.5) is 5.69 Å². The zero-order valence-corrected chi connectivity index (χ0v) is 17.0. The molecule has 2 rings (SSSR count). The average Bonchev–Trinajstić information content (AvgIpc) is 2.60. The molecule has 148 valence electrons. The molecule has 1 aliphatic heterocycles. The number of nitrogens with zero attached hydrogens (tertiary/aromatic N) is 1. The first-order valence-electron chi connectivity index (χ1n) is 9.07. The quantitative estimate of drug-likeness (QED) is 0.781. The van der Waals surface area contributed by atoms with E-state index in [0.29, 0.717) is 37.2 Å².